The van der Waals surface area contributed by atoms with E-state index in [4.69, 9.17) is 11.6 Å². The average Bonchev–Trinajstić information content (AvgIpc) is 2.22. The summed E-state index contributed by atoms with van der Waals surface area (Å²) in [7, 11) is 0. The fourth-order valence-corrected chi connectivity index (χ4v) is 1.68. The molecule has 0 saturated carbocycles. The molecule has 1 aromatic rings. The topological polar surface area (TPSA) is 29.1 Å². The maximum absolute atomic E-state index is 11.7. The molecule has 1 amide bonds. The number of alkyl halides is 1. The molecule has 0 fully saturated rings. The first-order valence-electron chi connectivity index (χ1n) is 4.76. The molecule has 2 nitrogen and oxygen atoms in total. The number of carbonyl (C=O) groups excluding carboxylic acids is 1. The standard InChI is InChI=1S/C11H13BrClNO/c1-8-4-2-5-9(10(8)13)11(15)14-7-3-6-12/h2,4-5H,3,6-7H2,1H3,(H,14,15). The highest BCUT2D eigenvalue weighted by Gasteiger charge is 2.10. The minimum Gasteiger partial charge on any atom is -0.352 e. The van der Waals surface area contributed by atoms with Gasteiger partial charge in [0.05, 0.1) is 10.6 Å². The van der Waals surface area contributed by atoms with Crippen LogP contribution in [0.5, 0.6) is 0 Å². The lowest BCUT2D eigenvalue weighted by Crippen LogP contribution is -2.25. The van der Waals surface area contributed by atoms with Crippen molar-refractivity contribution >= 4 is 33.4 Å². The summed E-state index contributed by atoms with van der Waals surface area (Å²) >= 11 is 9.34. The number of amides is 1. The van der Waals surface area contributed by atoms with E-state index < -0.39 is 0 Å². The molecule has 0 aliphatic carbocycles. The average molecular weight is 291 g/mol. The Bertz CT molecular complexity index is 354. The van der Waals surface area contributed by atoms with Gasteiger partial charge in [0.15, 0.2) is 0 Å². The van der Waals surface area contributed by atoms with Gasteiger partial charge in [0.2, 0.25) is 0 Å². The van der Waals surface area contributed by atoms with Crippen molar-refractivity contribution in [1.29, 1.82) is 0 Å². The van der Waals surface area contributed by atoms with Gasteiger partial charge in [0, 0.05) is 11.9 Å². The molecule has 0 bridgehead atoms. The van der Waals surface area contributed by atoms with Crippen LogP contribution in [-0.2, 0) is 0 Å². The van der Waals surface area contributed by atoms with Crippen LogP contribution in [0.4, 0.5) is 0 Å². The Balaban J connectivity index is 2.69. The third-order valence-corrected chi connectivity index (χ3v) is 3.09. The minimum atomic E-state index is -0.107. The van der Waals surface area contributed by atoms with E-state index >= 15 is 0 Å². The lowest BCUT2D eigenvalue weighted by atomic mass is 10.1. The molecular weight excluding hydrogens is 277 g/mol. The molecule has 0 aliphatic rings. The van der Waals surface area contributed by atoms with Crippen molar-refractivity contribution in [3.8, 4) is 0 Å². The Morgan fingerprint density at radius 3 is 2.93 bits per heavy atom. The third kappa shape index (κ3) is 3.50. The second-order valence-corrected chi connectivity index (χ2v) is 4.41. The molecule has 15 heavy (non-hydrogen) atoms. The van der Waals surface area contributed by atoms with Gasteiger partial charge in [-0.2, -0.15) is 0 Å². The van der Waals surface area contributed by atoms with Crippen molar-refractivity contribution in [2.24, 2.45) is 0 Å². The molecule has 0 aliphatic heterocycles. The normalized spacial score (nSPS) is 10.1. The van der Waals surface area contributed by atoms with Crippen LogP contribution >= 0.6 is 27.5 Å². The monoisotopic (exact) mass is 289 g/mol. The zero-order valence-corrected chi connectivity index (χ0v) is 10.9. The van der Waals surface area contributed by atoms with Gasteiger partial charge in [-0.15, -0.1) is 0 Å². The summed E-state index contributed by atoms with van der Waals surface area (Å²) in [6.45, 7) is 2.55. The van der Waals surface area contributed by atoms with Crippen molar-refractivity contribution in [2.75, 3.05) is 11.9 Å². The Hall–Kier alpha value is -0.540. The van der Waals surface area contributed by atoms with Crippen LogP contribution in [0.25, 0.3) is 0 Å². The number of benzene rings is 1. The summed E-state index contributed by atoms with van der Waals surface area (Å²) in [5.74, 6) is -0.107. The van der Waals surface area contributed by atoms with Gasteiger partial charge < -0.3 is 5.32 Å². The molecule has 1 N–H and O–H groups in total. The van der Waals surface area contributed by atoms with Crippen molar-refractivity contribution in [3.63, 3.8) is 0 Å². The van der Waals surface area contributed by atoms with Gasteiger partial charge in [-0.05, 0) is 25.0 Å². The van der Waals surface area contributed by atoms with Crippen molar-refractivity contribution < 1.29 is 4.79 Å². The van der Waals surface area contributed by atoms with E-state index in [-0.39, 0.29) is 5.91 Å². The smallest absolute Gasteiger partial charge is 0.252 e. The number of rotatable bonds is 4. The fourth-order valence-electron chi connectivity index (χ4n) is 1.19. The van der Waals surface area contributed by atoms with E-state index in [0.717, 1.165) is 17.3 Å². The Morgan fingerprint density at radius 2 is 2.27 bits per heavy atom. The molecule has 82 valence electrons. The molecule has 4 heteroatoms. The highest BCUT2D eigenvalue weighted by Crippen LogP contribution is 2.19. The Labute approximate surface area is 103 Å². The molecule has 0 heterocycles. The van der Waals surface area contributed by atoms with Gasteiger partial charge >= 0.3 is 0 Å². The summed E-state index contributed by atoms with van der Waals surface area (Å²) < 4.78 is 0. The number of aryl methyl sites for hydroxylation is 1. The van der Waals surface area contributed by atoms with E-state index in [0.29, 0.717) is 17.1 Å². The highest BCUT2D eigenvalue weighted by molar-refractivity contribution is 9.09. The second-order valence-electron chi connectivity index (χ2n) is 3.23. The van der Waals surface area contributed by atoms with Crippen LogP contribution in [0.3, 0.4) is 0 Å². The zero-order valence-electron chi connectivity index (χ0n) is 8.52. The summed E-state index contributed by atoms with van der Waals surface area (Å²) in [5.41, 5.74) is 1.47. The number of halogens is 2. The summed E-state index contributed by atoms with van der Waals surface area (Å²) in [6, 6.07) is 5.46. The summed E-state index contributed by atoms with van der Waals surface area (Å²) in [6.07, 6.45) is 0.912. The molecule has 0 unspecified atom stereocenters. The van der Waals surface area contributed by atoms with E-state index in [1.165, 1.54) is 0 Å². The minimum absolute atomic E-state index is 0.107. The SMILES string of the molecule is Cc1cccc(C(=O)NCCCBr)c1Cl. The van der Waals surface area contributed by atoms with Crippen molar-refractivity contribution in [1.82, 2.24) is 5.32 Å². The van der Waals surface area contributed by atoms with Crippen LogP contribution in [-0.4, -0.2) is 17.8 Å². The van der Waals surface area contributed by atoms with E-state index in [9.17, 15) is 4.79 Å². The molecule has 0 spiro atoms. The first-order chi connectivity index (χ1) is 7.16. The first-order valence-corrected chi connectivity index (χ1v) is 6.26. The quantitative estimate of drug-likeness (QED) is 0.670. The third-order valence-electron chi connectivity index (χ3n) is 2.03. The predicted molar refractivity (Wildman–Crippen MR) is 66.9 cm³/mol. The zero-order chi connectivity index (χ0) is 11.3. The van der Waals surface area contributed by atoms with E-state index in [1.54, 1.807) is 6.07 Å². The second kappa shape index (κ2) is 6.13. The van der Waals surface area contributed by atoms with E-state index in [1.807, 2.05) is 19.1 Å². The summed E-state index contributed by atoms with van der Waals surface area (Å²) in [4.78, 5) is 11.7. The molecule has 0 atom stereocenters. The largest absolute Gasteiger partial charge is 0.352 e. The van der Waals surface area contributed by atoms with Gasteiger partial charge in [-0.25, -0.2) is 0 Å². The van der Waals surface area contributed by atoms with Gasteiger partial charge in [-0.1, -0.05) is 39.7 Å². The molecule has 1 rings (SSSR count). The first kappa shape index (κ1) is 12.5. The van der Waals surface area contributed by atoms with Crippen molar-refractivity contribution in [2.45, 2.75) is 13.3 Å². The van der Waals surface area contributed by atoms with Crippen LogP contribution in [0.1, 0.15) is 22.3 Å². The van der Waals surface area contributed by atoms with Crippen molar-refractivity contribution in [3.05, 3.63) is 34.3 Å². The van der Waals surface area contributed by atoms with Crippen LogP contribution in [0.2, 0.25) is 5.02 Å². The summed E-state index contributed by atoms with van der Waals surface area (Å²) in [5, 5.41) is 4.23. The number of carbonyl (C=O) groups is 1. The van der Waals surface area contributed by atoms with Crippen LogP contribution in [0, 0.1) is 6.92 Å². The number of hydrogen-bond donors (Lipinski definition) is 1. The van der Waals surface area contributed by atoms with Crippen LogP contribution < -0.4 is 5.32 Å². The molecular formula is C11H13BrClNO. The van der Waals surface area contributed by atoms with E-state index in [2.05, 4.69) is 21.2 Å². The molecule has 0 radical (unpaired) electrons. The fraction of sp³-hybridized carbons (Fsp3) is 0.364. The number of hydrogen-bond acceptors (Lipinski definition) is 1. The molecule has 1 aromatic carbocycles. The van der Waals surface area contributed by atoms with Gasteiger partial charge in [0.25, 0.3) is 5.91 Å². The molecule has 0 aromatic heterocycles. The number of nitrogens with one attached hydrogen (secondary N) is 1. The van der Waals surface area contributed by atoms with Gasteiger partial charge in [0.1, 0.15) is 0 Å². The Morgan fingerprint density at radius 1 is 1.53 bits per heavy atom. The maximum atomic E-state index is 11.7. The predicted octanol–water partition coefficient (Wildman–Crippen LogP) is 3.16. The Kier molecular flexibility index (Phi) is 5.12. The lowest BCUT2D eigenvalue weighted by molar-refractivity contribution is 0.0954. The van der Waals surface area contributed by atoms with Gasteiger partial charge in [-0.3, -0.25) is 4.79 Å². The van der Waals surface area contributed by atoms with Crippen LogP contribution in [0.15, 0.2) is 18.2 Å². The highest BCUT2D eigenvalue weighted by atomic mass is 79.9. The molecule has 0 saturated heterocycles. The lowest BCUT2D eigenvalue weighted by Gasteiger charge is -2.07. The maximum Gasteiger partial charge on any atom is 0.252 e.